The summed E-state index contributed by atoms with van der Waals surface area (Å²) in [7, 11) is -0.397. The number of sulfonamides is 1. The largest absolute Gasteiger partial charge is 0.349 e. The van der Waals surface area contributed by atoms with Crippen LogP contribution in [0, 0.1) is 0 Å². The number of thiocarbonyl (C=S) groups is 1. The molecule has 1 aromatic carbocycles. The minimum absolute atomic E-state index is 0.258. The normalized spacial score (nSPS) is 11.5. The van der Waals surface area contributed by atoms with Crippen molar-refractivity contribution in [2.45, 2.75) is 44.4 Å². The average Bonchev–Trinajstić information content (AvgIpc) is 2.55. The summed E-state index contributed by atoms with van der Waals surface area (Å²) < 4.78 is 25.7. The zero-order chi connectivity index (χ0) is 18.2. The van der Waals surface area contributed by atoms with Crippen molar-refractivity contribution in [3.63, 3.8) is 0 Å². The summed E-state index contributed by atoms with van der Waals surface area (Å²) in [5.41, 5.74) is 0.695. The van der Waals surface area contributed by atoms with Crippen molar-refractivity contribution in [1.82, 2.24) is 9.21 Å². The van der Waals surface area contributed by atoms with Gasteiger partial charge < -0.3 is 10.2 Å². The second kappa shape index (κ2) is 9.96. The Morgan fingerprint density at radius 2 is 1.71 bits per heavy atom. The van der Waals surface area contributed by atoms with Crippen LogP contribution in [-0.2, 0) is 10.0 Å². The first-order valence-corrected chi connectivity index (χ1v) is 10.3. The van der Waals surface area contributed by atoms with Gasteiger partial charge in [-0.15, -0.1) is 0 Å². The van der Waals surface area contributed by atoms with Crippen molar-refractivity contribution in [3.8, 4) is 0 Å². The quantitative estimate of drug-likeness (QED) is 0.673. The van der Waals surface area contributed by atoms with Crippen molar-refractivity contribution >= 4 is 33.0 Å². The number of benzene rings is 1. The Hall–Kier alpha value is -1.18. The van der Waals surface area contributed by atoms with Crippen LogP contribution in [0.4, 0.5) is 5.69 Å². The van der Waals surface area contributed by atoms with Gasteiger partial charge in [-0.1, -0.05) is 32.8 Å². The predicted molar refractivity (Wildman–Crippen MR) is 105 cm³/mol. The fourth-order valence-corrected chi connectivity index (χ4v) is 3.41. The van der Waals surface area contributed by atoms with E-state index < -0.39 is 10.0 Å². The number of hydrogen-bond acceptors (Lipinski definition) is 3. The Balaban J connectivity index is 2.88. The highest BCUT2D eigenvalue weighted by Crippen LogP contribution is 2.18. The van der Waals surface area contributed by atoms with Crippen LogP contribution in [0.15, 0.2) is 29.2 Å². The monoisotopic (exact) mass is 371 g/mol. The maximum Gasteiger partial charge on any atom is 0.242 e. The third-order valence-electron chi connectivity index (χ3n) is 3.71. The van der Waals surface area contributed by atoms with E-state index in [1.807, 2.05) is 6.07 Å². The molecule has 1 rings (SSSR count). The van der Waals surface area contributed by atoms with Crippen molar-refractivity contribution in [1.29, 1.82) is 0 Å². The standard InChI is InChI=1S/C17H29N3O2S2/c1-5-7-12-20(13-8-6-2)17(23)18-15-10-9-11-16(14-15)24(21,22)19(3)4/h9-11,14H,5-8,12-13H2,1-4H3,(H,18,23). The van der Waals surface area contributed by atoms with Crippen LogP contribution in [0.1, 0.15) is 39.5 Å². The Bertz CT molecular complexity index is 622. The van der Waals surface area contributed by atoms with Gasteiger partial charge in [0.25, 0.3) is 0 Å². The highest BCUT2D eigenvalue weighted by Gasteiger charge is 2.17. The molecule has 0 saturated carbocycles. The summed E-state index contributed by atoms with van der Waals surface area (Å²) in [6.07, 6.45) is 4.39. The molecule has 24 heavy (non-hydrogen) atoms. The molecule has 0 unspecified atom stereocenters. The molecule has 136 valence electrons. The van der Waals surface area contributed by atoms with Crippen LogP contribution >= 0.6 is 12.2 Å². The molecule has 1 N–H and O–H groups in total. The second-order valence-electron chi connectivity index (χ2n) is 5.94. The molecule has 0 amide bonds. The summed E-state index contributed by atoms with van der Waals surface area (Å²) in [6.45, 7) is 6.14. The van der Waals surface area contributed by atoms with Gasteiger partial charge in [-0.3, -0.25) is 0 Å². The average molecular weight is 372 g/mol. The summed E-state index contributed by atoms with van der Waals surface area (Å²) in [5, 5.41) is 3.83. The number of hydrogen-bond donors (Lipinski definition) is 1. The molecule has 0 spiro atoms. The smallest absolute Gasteiger partial charge is 0.242 e. The third-order valence-corrected chi connectivity index (χ3v) is 5.89. The van der Waals surface area contributed by atoms with Crippen molar-refractivity contribution in [3.05, 3.63) is 24.3 Å². The number of rotatable bonds is 9. The summed E-state index contributed by atoms with van der Waals surface area (Å²) in [4.78, 5) is 2.42. The lowest BCUT2D eigenvalue weighted by Crippen LogP contribution is -2.36. The van der Waals surface area contributed by atoms with Gasteiger partial charge in [-0.25, -0.2) is 12.7 Å². The van der Waals surface area contributed by atoms with Crippen LogP contribution in [-0.4, -0.2) is 49.9 Å². The molecule has 7 heteroatoms. The van der Waals surface area contributed by atoms with Gasteiger partial charge in [-0.2, -0.15) is 0 Å². The molecule has 0 aliphatic carbocycles. The Morgan fingerprint density at radius 1 is 1.12 bits per heavy atom. The Morgan fingerprint density at radius 3 is 2.21 bits per heavy atom. The van der Waals surface area contributed by atoms with E-state index in [0.717, 1.165) is 38.8 Å². The number of nitrogens with one attached hydrogen (secondary N) is 1. The van der Waals surface area contributed by atoms with E-state index >= 15 is 0 Å². The SMILES string of the molecule is CCCCN(CCCC)C(=S)Nc1cccc(S(=O)(=O)N(C)C)c1. The molecule has 1 aromatic rings. The molecule has 0 saturated heterocycles. The van der Waals surface area contributed by atoms with Gasteiger partial charge in [-0.05, 0) is 43.3 Å². The highest BCUT2D eigenvalue weighted by molar-refractivity contribution is 7.89. The second-order valence-corrected chi connectivity index (χ2v) is 8.48. The zero-order valence-corrected chi connectivity index (χ0v) is 16.7. The predicted octanol–water partition coefficient (Wildman–Crippen LogP) is 3.54. The van der Waals surface area contributed by atoms with Crippen LogP contribution < -0.4 is 5.32 Å². The molecule has 0 aromatic heterocycles. The maximum atomic E-state index is 12.2. The van der Waals surface area contributed by atoms with E-state index in [-0.39, 0.29) is 4.90 Å². The van der Waals surface area contributed by atoms with Crippen molar-refractivity contribution in [2.75, 3.05) is 32.5 Å². The summed E-state index contributed by atoms with van der Waals surface area (Å²) in [6, 6.07) is 6.78. The fraction of sp³-hybridized carbons (Fsp3) is 0.588. The van der Waals surface area contributed by atoms with Crippen LogP contribution in [0.2, 0.25) is 0 Å². The fourth-order valence-electron chi connectivity index (χ4n) is 2.16. The first-order valence-electron chi connectivity index (χ1n) is 8.41. The van der Waals surface area contributed by atoms with Crippen molar-refractivity contribution < 1.29 is 8.42 Å². The van der Waals surface area contributed by atoms with E-state index in [9.17, 15) is 8.42 Å². The molecule has 0 bridgehead atoms. The van der Waals surface area contributed by atoms with Gasteiger partial charge in [0.15, 0.2) is 5.11 Å². The topological polar surface area (TPSA) is 52.7 Å². The molecule has 5 nitrogen and oxygen atoms in total. The Kier molecular flexibility index (Phi) is 8.66. The van der Waals surface area contributed by atoms with Gasteiger partial charge in [0.2, 0.25) is 10.0 Å². The van der Waals surface area contributed by atoms with Crippen LogP contribution in [0.25, 0.3) is 0 Å². The van der Waals surface area contributed by atoms with Gasteiger partial charge in [0.1, 0.15) is 0 Å². The Labute approximate surface area is 152 Å². The van der Waals surface area contributed by atoms with Crippen LogP contribution in [0.5, 0.6) is 0 Å². The molecule has 0 atom stereocenters. The van der Waals surface area contributed by atoms with Gasteiger partial charge in [0.05, 0.1) is 4.90 Å². The molecule has 0 aliphatic heterocycles. The first kappa shape index (κ1) is 20.9. The van der Waals surface area contributed by atoms with E-state index in [1.54, 1.807) is 18.2 Å². The molecule has 0 heterocycles. The summed E-state index contributed by atoms with van der Waals surface area (Å²) >= 11 is 5.53. The lowest BCUT2D eigenvalue weighted by atomic mass is 10.2. The molecular formula is C17H29N3O2S2. The van der Waals surface area contributed by atoms with E-state index in [4.69, 9.17) is 12.2 Å². The maximum absolute atomic E-state index is 12.2. The molecule has 0 aliphatic rings. The third kappa shape index (κ3) is 6.03. The first-order chi connectivity index (χ1) is 11.3. The number of nitrogens with zero attached hydrogens (tertiary/aromatic N) is 2. The minimum atomic E-state index is -3.45. The molecule has 0 radical (unpaired) electrons. The molecule has 0 fully saturated rings. The van der Waals surface area contributed by atoms with E-state index in [1.165, 1.54) is 18.4 Å². The van der Waals surface area contributed by atoms with Gasteiger partial charge >= 0.3 is 0 Å². The lowest BCUT2D eigenvalue weighted by molar-refractivity contribution is 0.403. The van der Waals surface area contributed by atoms with Crippen molar-refractivity contribution in [2.24, 2.45) is 0 Å². The van der Waals surface area contributed by atoms with E-state index in [0.29, 0.717) is 10.8 Å². The van der Waals surface area contributed by atoms with Gasteiger partial charge in [0, 0.05) is 32.9 Å². The number of unbranched alkanes of at least 4 members (excludes halogenated alkanes) is 2. The summed E-state index contributed by atoms with van der Waals surface area (Å²) in [5.74, 6) is 0. The van der Waals surface area contributed by atoms with E-state index in [2.05, 4.69) is 24.1 Å². The lowest BCUT2D eigenvalue weighted by Gasteiger charge is -2.26. The molecular weight excluding hydrogens is 342 g/mol. The minimum Gasteiger partial charge on any atom is -0.349 e. The van der Waals surface area contributed by atoms with Crippen LogP contribution in [0.3, 0.4) is 0 Å². The highest BCUT2D eigenvalue weighted by atomic mass is 32.2. The number of anilines is 1. The zero-order valence-electron chi connectivity index (χ0n) is 15.1.